The van der Waals surface area contributed by atoms with Crippen molar-refractivity contribution in [1.29, 1.82) is 0 Å². The van der Waals surface area contributed by atoms with Crippen LogP contribution in [0.2, 0.25) is 5.02 Å². The van der Waals surface area contributed by atoms with E-state index in [-0.39, 0.29) is 0 Å². The zero-order valence-corrected chi connectivity index (χ0v) is 17.4. The number of fused-ring (bicyclic) bond motifs is 3. The molecule has 1 aromatic heterocycles. The monoisotopic (exact) mass is 432 g/mol. The largest absolute Gasteiger partial charge is 0.448 e. The number of nitrogens with zero attached hydrogens (tertiary/aromatic N) is 3. The van der Waals surface area contributed by atoms with Crippen LogP contribution in [0.25, 0.3) is 11.3 Å². The van der Waals surface area contributed by atoms with Gasteiger partial charge in [0.15, 0.2) is 11.9 Å². The van der Waals surface area contributed by atoms with Gasteiger partial charge in [-0.1, -0.05) is 84.0 Å². The van der Waals surface area contributed by atoms with Crippen molar-refractivity contribution in [2.24, 2.45) is 0 Å². The van der Waals surface area contributed by atoms with Gasteiger partial charge in [0, 0.05) is 27.6 Å². The molecule has 1 atom stereocenters. The molecule has 30 heavy (non-hydrogen) atoms. The molecule has 0 aliphatic carbocycles. The summed E-state index contributed by atoms with van der Waals surface area (Å²) < 4.78 is 6.28. The number of anilines is 1. The minimum Gasteiger partial charge on any atom is -0.448 e. The highest BCUT2D eigenvalue weighted by Crippen LogP contribution is 2.39. The molecule has 3 aromatic carbocycles. The Kier molecular flexibility index (Phi) is 5.26. The molecule has 2 heterocycles. The molecule has 0 saturated carbocycles. The number of nitrogens with one attached hydrogen (secondary N) is 1. The maximum atomic E-state index is 6.28. The molecule has 5 rings (SSSR count). The van der Waals surface area contributed by atoms with Crippen LogP contribution >= 0.6 is 23.4 Å². The van der Waals surface area contributed by atoms with Crippen molar-refractivity contribution in [3.63, 3.8) is 0 Å². The van der Waals surface area contributed by atoms with Crippen LogP contribution < -0.4 is 10.1 Å². The van der Waals surface area contributed by atoms with Gasteiger partial charge >= 0.3 is 0 Å². The molecule has 1 aliphatic heterocycles. The first-order valence-corrected chi connectivity index (χ1v) is 10.8. The molecular weight excluding hydrogens is 416 g/mol. The van der Waals surface area contributed by atoms with Crippen LogP contribution in [-0.2, 0) is 5.75 Å². The number of aromatic nitrogens is 3. The molecule has 0 radical (unpaired) electrons. The molecule has 0 spiro atoms. The molecule has 7 heteroatoms. The van der Waals surface area contributed by atoms with Crippen LogP contribution in [0, 0.1) is 0 Å². The fourth-order valence-corrected chi connectivity index (χ4v) is 4.08. The fraction of sp³-hybridized carbons (Fsp3) is 0.0870. The normalized spacial score (nSPS) is 14.6. The van der Waals surface area contributed by atoms with Crippen molar-refractivity contribution >= 4 is 29.1 Å². The third-order valence-corrected chi connectivity index (χ3v) is 5.88. The Hall–Kier alpha value is -3.09. The molecule has 148 valence electrons. The lowest BCUT2D eigenvalue weighted by Crippen LogP contribution is -2.17. The number of hydrogen-bond donors (Lipinski definition) is 1. The summed E-state index contributed by atoms with van der Waals surface area (Å²) >= 11 is 7.59. The van der Waals surface area contributed by atoms with Gasteiger partial charge in [-0.3, -0.25) is 0 Å². The summed E-state index contributed by atoms with van der Waals surface area (Å²) in [6.45, 7) is 0. The number of ether oxygens (including phenoxy) is 1. The third-order valence-electron chi connectivity index (χ3n) is 4.72. The first-order chi connectivity index (χ1) is 14.8. The molecule has 0 amide bonds. The highest BCUT2D eigenvalue weighted by molar-refractivity contribution is 7.98. The standard InChI is InChI=1S/C23H17ClN4OS/c24-17-12-10-16(11-13-17)21-25-19-9-5-4-8-18(19)20-22(29-21)26-23(28-27-20)30-14-15-6-2-1-3-7-15/h1-13,21,25H,14H2. The first-order valence-electron chi connectivity index (χ1n) is 9.46. The third kappa shape index (κ3) is 3.97. The van der Waals surface area contributed by atoms with Gasteiger partial charge in [-0.2, -0.15) is 4.98 Å². The minimum atomic E-state index is -0.423. The Balaban J connectivity index is 1.50. The Morgan fingerprint density at radius 1 is 0.900 bits per heavy atom. The van der Waals surface area contributed by atoms with E-state index in [1.807, 2.05) is 66.7 Å². The van der Waals surface area contributed by atoms with Gasteiger partial charge in [0.25, 0.3) is 0 Å². The van der Waals surface area contributed by atoms with E-state index in [4.69, 9.17) is 16.3 Å². The summed E-state index contributed by atoms with van der Waals surface area (Å²) in [5.41, 5.74) is 4.59. The van der Waals surface area contributed by atoms with E-state index in [1.165, 1.54) is 17.3 Å². The zero-order valence-electron chi connectivity index (χ0n) is 15.8. The summed E-state index contributed by atoms with van der Waals surface area (Å²) in [5.74, 6) is 1.22. The van der Waals surface area contributed by atoms with E-state index in [2.05, 4.69) is 32.6 Å². The molecule has 1 N–H and O–H groups in total. The number of hydrogen-bond acceptors (Lipinski definition) is 6. The van der Waals surface area contributed by atoms with Crippen molar-refractivity contribution in [1.82, 2.24) is 15.2 Å². The quantitative estimate of drug-likeness (QED) is 0.400. The lowest BCUT2D eigenvalue weighted by atomic mass is 10.1. The van der Waals surface area contributed by atoms with Crippen molar-refractivity contribution in [3.05, 3.63) is 95.0 Å². The summed E-state index contributed by atoms with van der Waals surface area (Å²) in [5, 5.41) is 13.5. The molecule has 4 aromatic rings. The van der Waals surface area contributed by atoms with Crippen LogP contribution in [0.5, 0.6) is 5.88 Å². The van der Waals surface area contributed by atoms with Crippen LogP contribution in [0.3, 0.4) is 0 Å². The lowest BCUT2D eigenvalue weighted by Gasteiger charge is -2.19. The lowest BCUT2D eigenvalue weighted by molar-refractivity contribution is 0.225. The van der Waals surface area contributed by atoms with Crippen molar-refractivity contribution in [2.75, 3.05) is 5.32 Å². The number of para-hydroxylation sites is 1. The predicted octanol–water partition coefficient (Wildman–Crippen LogP) is 5.99. The van der Waals surface area contributed by atoms with Gasteiger partial charge in [-0.25, -0.2) is 0 Å². The Labute approximate surface area is 183 Å². The van der Waals surface area contributed by atoms with E-state index in [0.29, 0.717) is 21.8 Å². The Morgan fingerprint density at radius 2 is 1.67 bits per heavy atom. The van der Waals surface area contributed by atoms with Gasteiger partial charge in [-0.05, 0) is 23.8 Å². The van der Waals surface area contributed by atoms with Crippen LogP contribution in [0.4, 0.5) is 5.69 Å². The van der Waals surface area contributed by atoms with E-state index in [1.54, 1.807) is 0 Å². The van der Waals surface area contributed by atoms with Crippen LogP contribution in [-0.4, -0.2) is 15.2 Å². The van der Waals surface area contributed by atoms with Gasteiger partial charge in [0.05, 0.1) is 0 Å². The number of rotatable bonds is 4. The van der Waals surface area contributed by atoms with Crippen molar-refractivity contribution in [2.45, 2.75) is 17.1 Å². The van der Waals surface area contributed by atoms with Crippen LogP contribution in [0.15, 0.2) is 84.0 Å². The van der Waals surface area contributed by atoms with E-state index >= 15 is 0 Å². The molecule has 1 aliphatic rings. The van der Waals surface area contributed by atoms with Gasteiger partial charge in [0.1, 0.15) is 0 Å². The number of thioether (sulfide) groups is 1. The maximum absolute atomic E-state index is 6.28. The van der Waals surface area contributed by atoms with Crippen LogP contribution in [0.1, 0.15) is 17.4 Å². The highest BCUT2D eigenvalue weighted by atomic mass is 35.5. The van der Waals surface area contributed by atoms with E-state index in [9.17, 15) is 0 Å². The van der Waals surface area contributed by atoms with Crippen molar-refractivity contribution < 1.29 is 4.74 Å². The number of benzene rings is 3. The second kappa shape index (κ2) is 8.34. The van der Waals surface area contributed by atoms with Gasteiger partial charge in [0.2, 0.25) is 11.0 Å². The Bertz CT molecular complexity index is 1170. The highest BCUT2D eigenvalue weighted by Gasteiger charge is 2.26. The molecule has 5 nitrogen and oxygen atoms in total. The average molecular weight is 433 g/mol. The predicted molar refractivity (Wildman–Crippen MR) is 120 cm³/mol. The summed E-state index contributed by atoms with van der Waals surface area (Å²) in [7, 11) is 0. The average Bonchev–Trinajstić information content (AvgIpc) is 2.95. The molecule has 1 unspecified atom stereocenters. The first kappa shape index (κ1) is 18.9. The maximum Gasteiger partial charge on any atom is 0.247 e. The molecule has 0 saturated heterocycles. The molecular formula is C23H17ClN4OS. The number of halogens is 1. The second-order valence-corrected chi connectivity index (χ2v) is 8.14. The summed E-state index contributed by atoms with van der Waals surface area (Å²) in [4.78, 5) is 4.68. The molecule has 0 fully saturated rings. The summed E-state index contributed by atoms with van der Waals surface area (Å²) in [6.07, 6.45) is -0.423. The van der Waals surface area contributed by atoms with Gasteiger partial charge < -0.3 is 10.1 Å². The smallest absolute Gasteiger partial charge is 0.247 e. The second-order valence-electron chi connectivity index (χ2n) is 6.76. The Morgan fingerprint density at radius 3 is 2.50 bits per heavy atom. The zero-order chi connectivity index (χ0) is 20.3. The fourth-order valence-electron chi connectivity index (χ4n) is 3.22. The van der Waals surface area contributed by atoms with Gasteiger partial charge in [-0.15, -0.1) is 10.2 Å². The van der Waals surface area contributed by atoms with Crippen molar-refractivity contribution in [3.8, 4) is 17.1 Å². The summed E-state index contributed by atoms with van der Waals surface area (Å²) in [6, 6.07) is 25.7. The molecule has 0 bridgehead atoms. The van der Waals surface area contributed by atoms with E-state index in [0.717, 1.165) is 22.6 Å². The topological polar surface area (TPSA) is 59.9 Å². The SMILES string of the molecule is Clc1ccc(C2Nc3ccccc3-c3nnc(SCc4ccccc4)nc3O2)cc1. The van der Waals surface area contributed by atoms with E-state index < -0.39 is 6.23 Å². The minimum absolute atomic E-state index is 0.423.